The molecule has 0 spiro atoms. The molecule has 2 heterocycles. The normalized spacial score (nSPS) is 26.6. The van der Waals surface area contributed by atoms with Crippen LogP contribution in [0.15, 0.2) is 12.2 Å². The van der Waals surface area contributed by atoms with E-state index in [-0.39, 0.29) is 37.5 Å². The molecule has 4 atom stereocenters. The molecule has 2 bridgehead atoms. The Morgan fingerprint density at radius 1 is 1.13 bits per heavy atom. The molecule has 5 amide bonds. The molecule has 0 radical (unpaired) electrons. The zero-order valence-electron chi connectivity index (χ0n) is 21.8. The van der Waals surface area contributed by atoms with Crippen LogP contribution in [-0.4, -0.2) is 84.3 Å². The van der Waals surface area contributed by atoms with Gasteiger partial charge in [-0.3, -0.25) is 28.8 Å². The van der Waals surface area contributed by atoms with Gasteiger partial charge in [-0.05, 0) is 24.8 Å². The molecule has 0 aromatic carbocycles. The second-order valence-electron chi connectivity index (χ2n) is 9.16. The second-order valence-corrected chi connectivity index (χ2v) is 11.8. The minimum absolute atomic E-state index is 0.109. The number of nitrogens with one attached hydrogen (secondary N) is 5. The standard InChI is InChI=1S/C24H34N6O7S2/c1-14(2)21-24(36)27-12-20(33)37-15-5-3-4-10-38-39-13-17(23(35)30-21)29-22(34)16(28-19(32)11-15)6-7-18(31)26-9-8-25/h3,5,14-17,21H,4,6-7,9-13H2,1-2H3,(H,26,31)(H,27,36)(H,28,32)(H,29,34)(H,30,35)/b5-3+/t15-,16-,17+,21-/m1/s1. The highest BCUT2D eigenvalue weighted by Crippen LogP contribution is 2.23. The van der Waals surface area contributed by atoms with Gasteiger partial charge in [-0.15, -0.1) is 0 Å². The lowest BCUT2D eigenvalue weighted by Gasteiger charge is -2.27. The van der Waals surface area contributed by atoms with E-state index in [0.29, 0.717) is 12.2 Å². The van der Waals surface area contributed by atoms with Crippen LogP contribution >= 0.6 is 21.6 Å². The summed E-state index contributed by atoms with van der Waals surface area (Å²) in [4.78, 5) is 76.7. The lowest BCUT2D eigenvalue weighted by Crippen LogP contribution is -2.59. The van der Waals surface area contributed by atoms with Crippen LogP contribution in [0.25, 0.3) is 0 Å². The summed E-state index contributed by atoms with van der Waals surface area (Å²) in [5, 5.41) is 21.4. The summed E-state index contributed by atoms with van der Waals surface area (Å²) in [6, 6.07) is -1.45. The Kier molecular flexibility index (Phi) is 13.7. The van der Waals surface area contributed by atoms with Crippen molar-refractivity contribution in [3.05, 3.63) is 12.2 Å². The average molecular weight is 583 g/mol. The molecule has 0 aromatic rings. The fraction of sp³-hybridized carbons (Fsp3) is 0.625. The zero-order valence-corrected chi connectivity index (χ0v) is 23.5. The summed E-state index contributed by atoms with van der Waals surface area (Å²) in [6.07, 6.45) is 2.41. The third-order valence-corrected chi connectivity index (χ3v) is 8.12. The molecule has 0 saturated carbocycles. The van der Waals surface area contributed by atoms with Gasteiger partial charge >= 0.3 is 5.97 Å². The van der Waals surface area contributed by atoms with Crippen LogP contribution in [-0.2, 0) is 33.5 Å². The maximum Gasteiger partial charge on any atom is 0.326 e. The highest BCUT2D eigenvalue weighted by molar-refractivity contribution is 8.76. The predicted octanol–water partition coefficient (Wildman–Crippen LogP) is -0.710. The number of hydrogen-bond acceptors (Lipinski definition) is 10. The van der Waals surface area contributed by atoms with Crippen molar-refractivity contribution in [1.29, 1.82) is 5.26 Å². The van der Waals surface area contributed by atoms with Crippen molar-refractivity contribution in [2.24, 2.45) is 5.92 Å². The van der Waals surface area contributed by atoms with E-state index in [0.717, 1.165) is 0 Å². The van der Waals surface area contributed by atoms with Crippen LogP contribution in [0.1, 0.15) is 39.5 Å². The minimum Gasteiger partial charge on any atom is -0.456 e. The van der Waals surface area contributed by atoms with Crippen LogP contribution in [0.3, 0.4) is 0 Å². The Bertz CT molecular complexity index is 1000. The number of amides is 5. The Morgan fingerprint density at radius 2 is 1.90 bits per heavy atom. The largest absolute Gasteiger partial charge is 0.456 e. The van der Waals surface area contributed by atoms with Crippen molar-refractivity contribution in [2.45, 2.75) is 63.8 Å². The number of rotatable bonds is 5. The minimum atomic E-state index is -1.19. The lowest BCUT2D eigenvalue weighted by molar-refractivity contribution is -0.148. The molecule has 0 aliphatic carbocycles. The third-order valence-electron chi connectivity index (χ3n) is 5.67. The van der Waals surface area contributed by atoms with Crippen molar-refractivity contribution in [3.8, 4) is 6.07 Å². The quantitative estimate of drug-likeness (QED) is 0.120. The van der Waals surface area contributed by atoms with Crippen molar-refractivity contribution in [2.75, 3.05) is 24.6 Å². The van der Waals surface area contributed by atoms with Gasteiger partial charge in [0.25, 0.3) is 0 Å². The van der Waals surface area contributed by atoms with Crippen molar-refractivity contribution < 1.29 is 33.5 Å². The Labute approximate surface area is 234 Å². The Balaban J connectivity index is 2.42. The number of hydrogen-bond donors (Lipinski definition) is 5. The molecule has 15 heteroatoms. The SMILES string of the molecule is CC(C)[C@H]1NC(=O)[C@@H]2CSSCC/C=C/[C@H](CC(=O)N[C@H](CCC(=O)NCC#N)C(=O)N2)OC(=O)CNC1=O. The number of nitriles is 1. The molecule has 1 fully saturated rings. The smallest absolute Gasteiger partial charge is 0.326 e. The van der Waals surface area contributed by atoms with E-state index < -0.39 is 66.3 Å². The number of allylic oxidation sites excluding steroid dienone is 1. The molecular weight excluding hydrogens is 548 g/mol. The van der Waals surface area contributed by atoms with Gasteiger partial charge in [0, 0.05) is 17.9 Å². The van der Waals surface area contributed by atoms with Crippen LogP contribution in [0.4, 0.5) is 0 Å². The van der Waals surface area contributed by atoms with Gasteiger partial charge in [-0.25, -0.2) is 0 Å². The summed E-state index contributed by atoms with van der Waals surface area (Å²) in [5.41, 5.74) is 0. The fourth-order valence-electron chi connectivity index (χ4n) is 3.62. The number of nitrogens with zero attached hydrogens (tertiary/aromatic N) is 1. The maximum atomic E-state index is 13.3. The fourth-order valence-corrected chi connectivity index (χ4v) is 5.78. The van der Waals surface area contributed by atoms with E-state index >= 15 is 0 Å². The molecule has 2 aliphatic heterocycles. The first-order valence-corrected chi connectivity index (χ1v) is 15.0. The molecule has 2 aliphatic rings. The van der Waals surface area contributed by atoms with Crippen molar-refractivity contribution in [1.82, 2.24) is 26.6 Å². The molecule has 13 nitrogen and oxygen atoms in total. The topological polar surface area (TPSA) is 196 Å². The van der Waals surface area contributed by atoms with Crippen LogP contribution in [0.5, 0.6) is 0 Å². The van der Waals surface area contributed by atoms with E-state index in [1.165, 1.54) is 21.6 Å². The van der Waals surface area contributed by atoms with E-state index in [1.807, 2.05) is 0 Å². The van der Waals surface area contributed by atoms with E-state index in [4.69, 9.17) is 10.00 Å². The Hall–Kier alpha value is -3.25. The summed E-state index contributed by atoms with van der Waals surface area (Å²) in [7, 11) is 2.84. The summed E-state index contributed by atoms with van der Waals surface area (Å²) in [6.45, 7) is 2.79. The molecule has 214 valence electrons. The summed E-state index contributed by atoms with van der Waals surface area (Å²) in [5.74, 6) is -3.28. The third kappa shape index (κ3) is 11.6. The van der Waals surface area contributed by atoms with E-state index in [9.17, 15) is 28.8 Å². The second kappa shape index (κ2) is 16.7. The van der Waals surface area contributed by atoms with Gasteiger partial charge in [0.15, 0.2) is 0 Å². The average Bonchev–Trinajstić information content (AvgIpc) is 2.88. The first-order valence-electron chi connectivity index (χ1n) is 12.5. The lowest BCUT2D eigenvalue weighted by atomic mass is 10.0. The van der Waals surface area contributed by atoms with Crippen molar-refractivity contribution in [3.63, 3.8) is 0 Å². The number of ether oxygens (including phenoxy) is 1. The zero-order chi connectivity index (χ0) is 28.8. The van der Waals surface area contributed by atoms with Crippen LogP contribution in [0, 0.1) is 17.2 Å². The van der Waals surface area contributed by atoms with Gasteiger partial charge in [0.2, 0.25) is 29.5 Å². The van der Waals surface area contributed by atoms with Gasteiger partial charge in [-0.2, -0.15) is 5.26 Å². The van der Waals surface area contributed by atoms with Crippen LogP contribution in [0.2, 0.25) is 0 Å². The highest BCUT2D eigenvalue weighted by atomic mass is 33.1. The highest BCUT2D eigenvalue weighted by Gasteiger charge is 2.32. The van der Waals surface area contributed by atoms with Gasteiger partial charge in [0.05, 0.1) is 12.5 Å². The molecule has 0 unspecified atom stereocenters. The molecule has 0 aromatic heterocycles. The molecule has 39 heavy (non-hydrogen) atoms. The maximum absolute atomic E-state index is 13.3. The monoisotopic (exact) mass is 582 g/mol. The number of esters is 1. The number of carbonyl (C=O) groups excluding carboxylic acids is 6. The van der Waals surface area contributed by atoms with Crippen molar-refractivity contribution >= 4 is 57.1 Å². The van der Waals surface area contributed by atoms with Gasteiger partial charge in [-0.1, -0.05) is 41.5 Å². The summed E-state index contributed by atoms with van der Waals surface area (Å²) < 4.78 is 5.41. The predicted molar refractivity (Wildman–Crippen MR) is 145 cm³/mol. The molecule has 2 rings (SSSR count). The Morgan fingerprint density at radius 3 is 2.62 bits per heavy atom. The van der Waals surface area contributed by atoms with Crippen LogP contribution < -0.4 is 26.6 Å². The number of carbonyl (C=O) groups is 6. The first kappa shape index (κ1) is 32.0. The van der Waals surface area contributed by atoms with Gasteiger partial charge in [0.1, 0.15) is 37.3 Å². The summed E-state index contributed by atoms with van der Waals surface area (Å²) >= 11 is 0. The molecular formula is C24H34N6O7S2. The first-order chi connectivity index (χ1) is 18.6. The van der Waals surface area contributed by atoms with Gasteiger partial charge < -0.3 is 31.3 Å². The molecule has 1 saturated heterocycles. The number of fused-ring (bicyclic) bond motifs is 7. The molecule has 5 N–H and O–H groups in total. The van der Waals surface area contributed by atoms with E-state index in [1.54, 1.807) is 32.1 Å². The van der Waals surface area contributed by atoms with E-state index in [2.05, 4.69) is 26.6 Å².